The molecule has 0 fully saturated rings. The molecule has 0 aromatic heterocycles. The zero-order valence-electron chi connectivity index (χ0n) is 33.4. The van der Waals surface area contributed by atoms with Gasteiger partial charge in [0.25, 0.3) is 0 Å². The van der Waals surface area contributed by atoms with E-state index in [0.717, 1.165) is 67.6 Å². The molecule has 0 heterocycles. The van der Waals surface area contributed by atoms with Gasteiger partial charge in [0.05, 0.1) is 68.2 Å². The van der Waals surface area contributed by atoms with E-state index in [1.807, 2.05) is 133 Å². The molecule has 0 radical (unpaired) electrons. The lowest BCUT2D eigenvalue weighted by Gasteiger charge is -2.08. The molecule has 12 nitrogen and oxygen atoms in total. The summed E-state index contributed by atoms with van der Waals surface area (Å²) in [6.07, 6.45) is 0. The van der Waals surface area contributed by atoms with E-state index in [4.69, 9.17) is 51.6 Å². The largest absolute Gasteiger partial charge is 0.397 e. The van der Waals surface area contributed by atoms with Gasteiger partial charge in [0, 0.05) is 17.1 Å². The molecule has 0 saturated carbocycles. The number of nitrogens with two attached hydrogens (primary N) is 9. The van der Waals surface area contributed by atoms with Crippen LogP contribution in [0.2, 0.25) is 0 Å². The van der Waals surface area contributed by atoms with E-state index in [0.29, 0.717) is 51.2 Å². The highest BCUT2D eigenvalue weighted by atomic mass is 14.8. The fourth-order valence-electron chi connectivity index (χ4n) is 5.49. The van der Waals surface area contributed by atoms with E-state index >= 15 is 0 Å². The van der Waals surface area contributed by atoms with Gasteiger partial charge in [-0.15, -0.1) is 0 Å². The second kappa shape index (κ2) is 18.7. The average molecular weight is 763 g/mol. The maximum atomic E-state index is 6.08. The van der Waals surface area contributed by atoms with Crippen molar-refractivity contribution in [3.63, 3.8) is 0 Å². The molecule has 0 aliphatic carbocycles. The summed E-state index contributed by atoms with van der Waals surface area (Å²) < 4.78 is 0. The van der Waals surface area contributed by atoms with E-state index in [9.17, 15) is 0 Å². The lowest BCUT2D eigenvalue weighted by atomic mass is 10.0. The molecule has 6 aromatic carbocycles. The van der Waals surface area contributed by atoms with Crippen molar-refractivity contribution in [2.24, 2.45) is 15.0 Å². The Labute approximate surface area is 335 Å². The summed E-state index contributed by atoms with van der Waals surface area (Å²) >= 11 is 0. The monoisotopic (exact) mass is 762 g/mol. The van der Waals surface area contributed by atoms with Crippen LogP contribution in [-0.4, -0.2) is 17.1 Å². The summed E-state index contributed by atoms with van der Waals surface area (Å²) in [6, 6.07) is 34.0. The molecule has 294 valence electrons. The van der Waals surface area contributed by atoms with Gasteiger partial charge in [-0.2, -0.15) is 0 Å². The molecule has 0 spiro atoms. The number of nitrogen functional groups attached to an aromatic ring is 9. The van der Waals surface area contributed by atoms with Gasteiger partial charge in [0.2, 0.25) is 0 Å². The number of nitrogens with zero attached hydrogens (tertiary/aromatic N) is 3. The fourth-order valence-corrected chi connectivity index (χ4v) is 5.49. The summed E-state index contributed by atoms with van der Waals surface area (Å²) in [6.45, 7) is 11.7. The maximum Gasteiger partial charge on any atom is 0.0858 e. The van der Waals surface area contributed by atoms with E-state index < -0.39 is 0 Å². The average Bonchev–Trinajstić information content (AvgIpc) is 3.14. The summed E-state index contributed by atoms with van der Waals surface area (Å²) in [4.78, 5) is 13.2. The van der Waals surface area contributed by atoms with Gasteiger partial charge in [-0.3, -0.25) is 15.0 Å². The first-order chi connectivity index (χ1) is 26.9. The summed E-state index contributed by atoms with van der Waals surface area (Å²) in [7, 11) is 0. The van der Waals surface area contributed by atoms with Crippen LogP contribution in [0.25, 0.3) is 33.4 Å². The van der Waals surface area contributed by atoms with Gasteiger partial charge < -0.3 is 51.6 Å². The molecule has 0 atom stereocenters. The van der Waals surface area contributed by atoms with Crippen molar-refractivity contribution < 1.29 is 0 Å². The minimum absolute atomic E-state index is 0.563. The third kappa shape index (κ3) is 11.8. The van der Waals surface area contributed by atoms with Crippen molar-refractivity contribution in [2.45, 2.75) is 41.5 Å². The maximum absolute atomic E-state index is 6.08. The zero-order valence-corrected chi connectivity index (χ0v) is 33.4. The van der Waals surface area contributed by atoms with Crippen LogP contribution >= 0.6 is 0 Å². The number of anilines is 9. The van der Waals surface area contributed by atoms with Crippen molar-refractivity contribution in [1.29, 1.82) is 0 Å². The second-order valence-corrected chi connectivity index (χ2v) is 14.0. The molecule has 0 aliphatic heterocycles. The Morgan fingerprint density at radius 1 is 0.263 bits per heavy atom. The predicted octanol–water partition coefficient (Wildman–Crippen LogP) is 9.64. The van der Waals surface area contributed by atoms with Crippen molar-refractivity contribution in [2.75, 3.05) is 51.6 Å². The molecule has 6 aromatic rings. The zero-order chi connectivity index (χ0) is 42.0. The molecule has 0 unspecified atom stereocenters. The summed E-state index contributed by atoms with van der Waals surface area (Å²) in [5.74, 6) is 0. The first-order valence-corrected chi connectivity index (χ1v) is 18.1. The Balaban J connectivity index is 0.000000192. The van der Waals surface area contributed by atoms with Crippen LogP contribution < -0.4 is 51.6 Å². The first-order valence-electron chi connectivity index (χ1n) is 18.1. The minimum Gasteiger partial charge on any atom is -0.397 e. The smallest absolute Gasteiger partial charge is 0.0858 e. The Bertz CT molecular complexity index is 2350. The van der Waals surface area contributed by atoms with Crippen LogP contribution in [-0.2, 0) is 0 Å². The van der Waals surface area contributed by atoms with Gasteiger partial charge in [-0.25, -0.2) is 0 Å². The molecule has 0 aliphatic rings. The Morgan fingerprint density at radius 2 is 0.456 bits per heavy atom. The minimum atomic E-state index is 0.563. The summed E-state index contributed by atoms with van der Waals surface area (Å²) in [5.41, 5.74) is 69.1. The van der Waals surface area contributed by atoms with Crippen LogP contribution in [0.5, 0.6) is 0 Å². The van der Waals surface area contributed by atoms with Crippen molar-refractivity contribution in [3.05, 3.63) is 109 Å². The van der Waals surface area contributed by atoms with Crippen LogP contribution in [0.1, 0.15) is 41.5 Å². The van der Waals surface area contributed by atoms with Crippen molar-refractivity contribution in [3.8, 4) is 33.4 Å². The van der Waals surface area contributed by atoms with Gasteiger partial charge in [-0.1, -0.05) is 36.4 Å². The van der Waals surface area contributed by atoms with Crippen LogP contribution in [0, 0.1) is 0 Å². The molecular weight excluding hydrogens is 709 g/mol. The van der Waals surface area contributed by atoms with E-state index in [1.165, 1.54) is 0 Å². The van der Waals surface area contributed by atoms with Crippen molar-refractivity contribution >= 4 is 85.4 Å². The van der Waals surface area contributed by atoms with Crippen LogP contribution in [0.15, 0.2) is 124 Å². The molecule has 0 amide bonds. The topological polar surface area (TPSA) is 271 Å². The highest BCUT2D eigenvalue weighted by molar-refractivity contribution is 5.88. The predicted molar refractivity (Wildman–Crippen MR) is 251 cm³/mol. The van der Waals surface area contributed by atoms with Gasteiger partial charge in [0.1, 0.15) is 0 Å². The number of benzene rings is 6. The first kappa shape index (κ1) is 42.3. The highest BCUT2D eigenvalue weighted by Crippen LogP contribution is 2.34. The van der Waals surface area contributed by atoms with E-state index in [1.54, 1.807) is 18.2 Å². The number of hydrogen-bond donors (Lipinski definition) is 9. The third-order valence-electron chi connectivity index (χ3n) is 8.38. The molecule has 18 N–H and O–H groups in total. The number of aliphatic imine (C=N–C) groups is 3. The summed E-state index contributed by atoms with van der Waals surface area (Å²) in [5, 5.41) is 0. The molecule has 0 saturated heterocycles. The third-order valence-corrected chi connectivity index (χ3v) is 8.38. The Hall–Kier alpha value is -7.47. The fraction of sp³-hybridized carbons (Fsp3) is 0.133. The van der Waals surface area contributed by atoms with Crippen LogP contribution in [0.3, 0.4) is 0 Å². The van der Waals surface area contributed by atoms with E-state index in [-0.39, 0.29) is 0 Å². The second-order valence-electron chi connectivity index (χ2n) is 14.0. The lowest BCUT2D eigenvalue weighted by molar-refractivity contribution is 1.46. The molecule has 57 heavy (non-hydrogen) atoms. The molecule has 12 heteroatoms. The molecule has 6 rings (SSSR count). The normalized spacial score (nSPS) is 10.2. The number of rotatable bonds is 6. The van der Waals surface area contributed by atoms with Gasteiger partial charge >= 0.3 is 0 Å². The van der Waals surface area contributed by atoms with Crippen LogP contribution in [0.4, 0.5) is 68.2 Å². The van der Waals surface area contributed by atoms with Gasteiger partial charge in [-0.05, 0) is 148 Å². The Kier molecular flexibility index (Phi) is 13.9. The highest BCUT2D eigenvalue weighted by Gasteiger charge is 2.07. The van der Waals surface area contributed by atoms with Gasteiger partial charge in [0.15, 0.2) is 0 Å². The van der Waals surface area contributed by atoms with Crippen molar-refractivity contribution in [1.82, 2.24) is 0 Å². The van der Waals surface area contributed by atoms with E-state index in [2.05, 4.69) is 15.0 Å². The SMILES string of the molecule is CC(C)=Nc1ccc(-c2ccc(N)c(N)c2)cc1N.CC(C)=Nc1ccc(-c2ccc(N=C(C)C)c(N)c2)cc1N.Nc1ccc(-c2ccc(N)c(N)c2)cc1N. The lowest BCUT2D eigenvalue weighted by Crippen LogP contribution is -1.96. The molecular formula is C45H54N12. The number of hydrogen-bond acceptors (Lipinski definition) is 12. The molecule has 0 bridgehead atoms. The standard InChI is InChI=1S/C18H22N4.C15H18N4.C12H14N4/c1-11(2)21-17-7-5-13(9-15(17)19)14-6-8-18(16(20)10-14)22-12(3)4;1-9(2)19-15-6-4-11(8-14(15)18)10-3-5-12(16)13(17)7-10;13-9-3-1-7(5-11(9)15)8-2-4-10(14)12(16)6-8/h5-10H,19-20H2,1-4H3;3-8H,16-18H2,1-2H3;1-6H,13-16H2. The quantitative estimate of drug-likeness (QED) is 0.0576. The Morgan fingerprint density at radius 3 is 0.632 bits per heavy atom.